The molecular formula is C12H10BrNO. The number of rotatable bonds is 2. The molecule has 1 N–H and O–H groups in total. The highest BCUT2D eigenvalue weighted by Gasteiger charge is 1.97. The van der Waals surface area contributed by atoms with E-state index in [1.165, 1.54) is 0 Å². The highest BCUT2D eigenvalue weighted by Crippen LogP contribution is 2.11. The normalized spacial score (nSPS) is 11.3. The molecule has 76 valence electrons. The lowest BCUT2D eigenvalue weighted by atomic mass is 10.1. The summed E-state index contributed by atoms with van der Waals surface area (Å²) in [5.41, 5.74) is 1.97. The molecule has 0 atom stereocenters. The molecule has 0 saturated heterocycles. The summed E-state index contributed by atoms with van der Waals surface area (Å²) in [5.74, 6) is 0. The van der Waals surface area contributed by atoms with Gasteiger partial charge < -0.3 is 4.98 Å². The molecule has 0 unspecified atom stereocenters. The van der Waals surface area contributed by atoms with E-state index >= 15 is 0 Å². The smallest absolute Gasteiger partial charge is 0.189 e. The van der Waals surface area contributed by atoms with Crippen molar-refractivity contribution in [2.24, 2.45) is 0 Å². The van der Waals surface area contributed by atoms with Gasteiger partial charge in [-0.05, 0) is 17.7 Å². The molecule has 0 aliphatic heterocycles. The summed E-state index contributed by atoms with van der Waals surface area (Å²) in [4.78, 5) is 14.6. The van der Waals surface area contributed by atoms with Crippen molar-refractivity contribution in [3.63, 3.8) is 0 Å². The zero-order valence-electron chi connectivity index (χ0n) is 8.03. The Balaban J connectivity index is 2.60. The summed E-state index contributed by atoms with van der Waals surface area (Å²) < 4.78 is 0. The van der Waals surface area contributed by atoms with Gasteiger partial charge in [-0.2, -0.15) is 0 Å². The predicted molar refractivity (Wildman–Crippen MR) is 67.4 cm³/mol. The fourth-order valence-corrected chi connectivity index (χ4v) is 1.66. The van der Waals surface area contributed by atoms with Gasteiger partial charge >= 0.3 is 0 Å². The van der Waals surface area contributed by atoms with Crippen molar-refractivity contribution in [2.45, 2.75) is 0 Å². The summed E-state index contributed by atoms with van der Waals surface area (Å²) in [6.07, 6.45) is 5.65. The van der Waals surface area contributed by atoms with E-state index in [0.717, 1.165) is 21.8 Å². The molecular weight excluding hydrogens is 254 g/mol. The number of allylic oxidation sites excluding steroid dienone is 1. The number of hydrogen-bond acceptors (Lipinski definition) is 1. The molecule has 0 aliphatic carbocycles. The molecule has 2 nitrogen and oxygen atoms in total. The molecule has 0 radical (unpaired) electrons. The first kappa shape index (κ1) is 10.2. The zero-order valence-corrected chi connectivity index (χ0v) is 9.62. The van der Waals surface area contributed by atoms with Crippen molar-refractivity contribution in [2.75, 3.05) is 5.33 Å². The molecule has 15 heavy (non-hydrogen) atoms. The summed E-state index contributed by atoms with van der Waals surface area (Å²) in [6, 6.07) is 7.34. The molecule has 2 aromatic rings. The lowest BCUT2D eigenvalue weighted by Crippen LogP contribution is -1.99. The average Bonchev–Trinajstić information content (AvgIpc) is 2.27. The van der Waals surface area contributed by atoms with E-state index in [1.54, 1.807) is 12.3 Å². The fourth-order valence-electron chi connectivity index (χ4n) is 1.47. The molecule has 1 aromatic carbocycles. The number of hydrogen-bond donors (Lipinski definition) is 1. The summed E-state index contributed by atoms with van der Waals surface area (Å²) in [6.45, 7) is 0. The van der Waals surface area contributed by atoms with Crippen LogP contribution in [0.25, 0.3) is 17.0 Å². The van der Waals surface area contributed by atoms with Crippen LogP contribution in [-0.2, 0) is 0 Å². The monoisotopic (exact) mass is 263 g/mol. The van der Waals surface area contributed by atoms with Crippen molar-refractivity contribution < 1.29 is 0 Å². The third-order valence-electron chi connectivity index (χ3n) is 2.18. The van der Waals surface area contributed by atoms with E-state index in [1.807, 2.05) is 30.4 Å². The van der Waals surface area contributed by atoms with Crippen LogP contribution >= 0.6 is 15.9 Å². The second kappa shape index (κ2) is 4.45. The van der Waals surface area contributed by atoms with Crippen molar-refractivity contribution in [1.29, 1.82) is 0 Å². The van der Waals surface area contributed by atoms with Crippen LogP contribution in [0.2, 0.25) is 0 Å². The minimum atomic E-state index is 0.0536. The van der Waals surface area contributed by atoms with Gasteiger partial charge in [0.25, 0.3) is 0 Å². The Morgan fingerprint density at radius 3 is 3.00 bits per heavy atom. The standard InChI is InChI=1S/C12H10BrNO/c13-6-1-2-9-3-4-11-10(8-9)12(15)5-7-14-11/h1-5,7-8H,6H2,(H,14,15). The van der Waals surface area contributed by atoms with Crippen molar-refractivity contribution in [3.05, 3.63) is 52.3 Å². The maximum atomic E-state index is 11.6. The molecule has 2 rings (SSSR count). The minimum Gasteiger partial charge on any atom is -0.361 e. The third-order valence-corrected chi connectivity index (χ3v) is 2.56. The number of nitrogens with one attached hydrogen (secondary N) is 1. The Morgan fingerprint density at radius 1 is 1.33 bits per heavy atom. The maximum absolute atomic E-state index is 11.6. The topological polar surface area (TPSA) is 32.9 Å². The van der Waals surface area contributed by atoms with Crippen LogP contribution < -0.4 is 5.43 Å². The Bertz CT molecular complexity index is 557. The number of alkyl halides is 1. The highest BCUT2D eigenvalue weighted by atomic mass is 79.9. The number of H-pyrrole nitrogens is 1. The van der Waals surface area contributed by atoms with Crippen LogP contribution in [0.3, 0.4) is 0 Å². The molecule has 0 amide bonds. The van der Waals surface area contributed by atoms with Crippen molar-refractivity contribution >= 4 is 32.9 Å². The van der Waals surface area contributed by atoms with Gasteiger partial charge in [-0.25, -0.2) is 0 Å². The molecule has 3 heteroatoms. The third kappa shape index (κ3) is 2.18. The second-order valence-corrected chi connectivity index (χ2v) is 3.85. The average molecular weight is 264 g/mol. The number of aromatic nitrogens is 1. The molecule has 0 saturated carbocycles. The lowest BCUT2D eigenvalue weighted by Gasteiger charge is -1.98. The molecule has 0 fully saturated rings. The fraction of sp³-hybridized carbons (Fsp3) is 0.0833. The zero-order chi connectivity index (χ0) is 10.7. The van der Waals surface area contributed by atoms with E-state index in [0.29, 0.717) is 0 Å². The Kier molecular flexibility index (Phi) is 3.02. The Morgan fingerprint density at radius 2 is 2.20 bits per heavy atom. The first-order chi connectivity index (χ1) is 7.31. The number of halogens is 1. The predicted octanol–water partition coefficient (Wildman–Crippen LogP) is 2.94. The number of aromatic amines is 1. The van der Waals surface area contributed by atoms with Crippen molar-refractivity contribution in [1.82, 2.24) is 4.98 Å². The van der Waals surface area contributed by atoms with Crippen LogP contribution in [0.1, 0.15) is 5.56 Å². The van der Waals surface area contributed by atoms with E-state index in [9.17, 15) is 4.79 Å². The molecule has 0 spiro atoms. The van der Waals surface area contributed by atoms with E-state index in [4.69, 9.17) is 0 Å². The van der Waals surface area contributed by atoms with Gasteiger partial charge in [-0.1, -0.05) is 34.1 Å². The largest absolute Gasteiger partial charge is 0.361 e. The van der Waals surface area contributed by atoms with Gasteiger partial charge in [0, 0.05) is 28.5 Å². The van der Waals surface area contributed by atoms with Gasteiger partial charge in [0.1, 0.15) is 0 Å². The first-order valence-corrected chi connectivity index (χ1v) is 5.77. The number of fused-ring (bicyclic) bond motifs is 1. The molecule has 0 aliphatic rings. The van der Waals surface area contributed by atoms with Crippen molar-refractivity contribution in [3.8, 4) is 0 Å². The van der Waals surface area contributed by atoms with Gasteiger partial charge in [0.2, 0.25) is 0 Å². The molecule has 0 bridgehead atoms. The lowest BCUT2D eigenvalue weighted by molar-refractivity contribution is 1.39. The second-order valence-electron chi connectivity index (χ2n) is 3.20. The minimum absolute atomic E-state index is 0.0536. The quantitative estimate of drug-likeness (QED) is 0.831. The first-order valence-electron chi connectivity index (χ1n) is 4.65. The van der Waals surface area contributed by atoms with Crippen LogP contribution in [0.4, 0.5) is 0 Å². The van der Waals surface area contributed by atoms with Crippen LogP contribution in [-0.4, -0.2) is 10.3 Å². The summed E-state index contributed by atoms with van der Waals surface area (Å²) in [5, 5.41) is 1.55. The Hall–Kier alpha value is -1.35. The summed E-state index contributed by atoms with van der Waals surface area (Å²) in [7, 11) is 0. The van der Waals surface area contributed by atoms with Gasteiger partial charge in [-0.3, -0.25) is 4.79 Å². The number of pyridine rings is 1. The maximum Gasteiger partial charge on any atom is 0.189 e. The van der Waals surface area contributed by atoms with E-state index in [-0.39, 0.29) is 5.43 Å². The van der Waals surface area contributed by atoms with E-state index < -0.39 is 0 Å². The highest BCUT2D eigenvalue weighted by molar-refractivity contribution is 9.09. The van der Waals surface area contributed by atoms with Crippen LogP contribution in [0, 0.1) is 0 Å². The van der Waals surface area contributed by atoms with E-state index in [2.05, 4.69) is 20.9 Å². The van der Waals surface area contributed by atoms with Gasteiger partial charge in [0.05, 0.1) is 0 Å². The van der Waals surface area contributed by atoms with Crippen LogP contribution in [0.5, 0.6) is 0 Å². The molecule has 1 heterocycles. The van der Waals surface area contributed by atoms with Crippen LogP contribution in [0.15, 0.2) is 41.3 Å². The SMILES string of the molecule is O=c1cc[nH]c2ccc(C=CCBr)cc12. The number of benzene rings is 1. The van der Waals surface area contributed by atoms with Gasteiger partial charge in [-0.15, -0.1) is 0 Å². The summed E-state index contributed by atoms with van der Waals surface area (Å²) >= 11 is 3.32. The van der Waals surface area contributed by atoms with Gasteiger partial charge in [0.15, 0.2) is 5.43 Å². The molecule has 1 aromatic heterocycles. The Labute approximate surface area is 95.8 Å².